The molecule has 0 saturated heterocycles. The van der Waals surface area contributed by atoms with Crippen LogP contribution in [0.25, 0.3) is 0 Å². The molecule has 0 aliphatic rings. The number of halogens is 1. The summed E-state index contributed by atoms with van der Waals surface area (Å²) in [6.07, 6.45) is 0. The van der Waals surface area contributed by atoms with Gasteiger partial charge in [0.15, 0.2) is 0 Å². The van der Waals surface area contributed by atoms with Crippen molar-refractivity contribution in [1.82, 2.24) is 0 Å². The largest absolute Gasteiger partial charge is 0.489 e. The summed E-state index contributed by atoms with van der Waals surface area (Å²) in [6, 6.07) is 32.7. The lowest BCUT2D eigenvalue weighted by Crippen LogP contribution is -2.14. The monoisotopic (exact) mass is 472 g/mol. The molecule has 0 radical (unpaired) electrons. The van der Waals surface area contributed by atoms with E-state index in [1.54, 1.807) is 6.07 Å². The van der Waals surface area contributed by atoms with Crippen LogP contribution in [0.4, 0.5) is 17.1 Å². The lowest BCUT2D eigenvalue weighted by Gasteiger charge is -2.13. The molecular weight excluding hydrogens is 452 g/mol. The van der Waals surface area contributed by atoms with Crippen molar-refractivity contribution in [2.24, 2.45) is 0 Å². The molecule has 0 bridgehead atoms. The predicted molar refractivity (Wildman–Crippen MR) is 129 cm³/mol. The molecule has 1 amide bonds. The van der Waals surface area contributed by atoms with E-state index in [-0.39, 0.29) is 5.91 Å². The van der Waals surface area contributed by atoms with Crippen LogP contribution in [0, 0.1) is 0 Å². The van der Waals surface area contributed by atoms with Crippen LogP contribution < -0.4 is 15.4 Å². The van der Waals surface area contributed by atoms with Crippen molar-refractivity contribution in [1.29, 1.82) is 0 Å². The summed E-state index contributed by atoms with van der Waals surface area (Å²) in [5.74, 6) is 0.549. The Morgan fingerprint density at radius 2 is 1.45 bits per heavy atom. The highest BCUT2D eigenvalue weighted by Gasteiger charge is 2.13. The van der Waals surface area contributed by atoms with E-state index in [0.717, 1.165) is 27.2 Å². The summed E-state index contributed by atoms with van der Waals surface area (Å²) in [5.41, 5.74) is 3.99. The van der Waals surface area contributed by atoms with Crippen LogP contribution in [0.5, 0.6) is 5.75 Å². The van der Waals surface area contributed by atoms with Gasteiger partial charge in [-0.2, -0.15) is 0 Å². The highest BCUT2D eigenvalue weighted by atomic mass is 79.9. The number of amides is 1. The molecule has 31 heavy (non-hydrogen) atoms. The van der Waals surface area contributed by atoms with Crippen LogP contribution in [0.15, 0.2) is 108 Å². The summed E-state index contributed by atoms with van der Waals surface area (Å²) in [5, 5.41) is 6.26. The van der Waals surface area contributed by atoms with Gasteiger partial charge in [0.2, 0.25) is 0 Å². The van der Waals surface area contributed by atoms with Crippen LogP contribution >= 0.6 is 15.9 Å². The van der Waals surface area contributed by atoms with E-state index in [9.17, 15) is 4.79 Å². The Morgan fingerprint density at radius 1 is 0.774 bits per heavy atom. The Labute approximate surface area is 190 Å². The number of carbonyl (C=O) groups excluding carboxylic acids is 1. The first-order valence-corrected chi connectivity index (χ1v) is 10.7. The Balaban J connectivity index is 1.43. The standard InChI is InChI=1S/C26H21BrN2O2/c27-20-11-16-25(28-21-9-5-2-6-10-21)24(17-20)26(30)29-22-12-14-23(15-13-22)31-18-19-7-3-1-4-8-19/h1-17,28H,18H2,(H,29,30). The molecule has 4 nitrogen and oxygen atoms in total. The average molecular weight is 473 g/mol. The number of rotatable bonds is 7. The van der Waals surface area contributed by atoms with E-state index < -0.39 is 0 Å². The number of hydrogen-bond acceptors (Lipinski definition) is 3. The highest BCUT2D eigenvalue weighted by molar-refractivity contribution is 9.10. The fourth-order valence-electron chi connectivity index (χ4n) is 3.06. The summed E-state index contributed by atoms with van der Waals surface area (Å²) < 4.78 is 6.64. The van der Waals surface area contributed by atoms with Gasteiger partial charge in [-0.25, -0.2) is 0 Å². The highest BCUT2D eigenvalue weighted by Crippen LogP contribution is 2.26. The van der Waals surface area contributed by atoms with Crippen molar-refractivity contribution < 1.29 is 9.53 Å². The molecule has 154 valence electrons. The van der Waals surface area contributed by atoms with E-state index in [2.05, 4.69) is 26.6 Å². The molecule has 0 aliphatic heterocycles. The third-order valence-corrected chi connectivity index (χ3v) is 5.13. The second-order valence-electron chi connectivity index (χ2n) is 6.93. The first-order chi connectivity index (χ1) is 15.2. The van der Waals surface area contributed by atoms with Crippen molar-refractivity contribution in [3.8, 4) is 5.75 Å². The molecule has 5 heteroatoms. The molecule has 0 heterocycles. The van der Waals surface area contributed by atoms with Crippen LogP contribution in [0.2, 0.25) is 0 Å². The minimum absolute atomic E-state index is 0.197. The van der Waals surface area contributed by atoms with E-state index in [1.165, 1.54) is 0 Å². The number of hydrogen-bond donors (Lipinski definition) is 2. The van der Waals surface area contributed by atoms with Gasteiger partial charge in [0.25, 0.3) is 5.91 Å². The molecule has 0 unspecified atom stereocenters. The number of benzene rings is 4. The van der Waals surface area contributed by atoms with Gasteiger partial charge in [-0.05, 0) is 60.2 Å². The summed E-state index contributed by atoms with van der Waals surface area (Å²) in [4.78, 5) is 13.0. The van der Waals surface area contributed by atoms with Crippen molar-refractivity contribution in [3.05, 3.63) is 119 Å². The summed E-state index contributed by atoms with van der Waals surface area (Å²) in [6.45, 7) is 0.499. The molecule has 0 spiro atoms. The molecule has 4 aromatic rings. The van der Waals surface area contributed by atoms with Crippen LogP contribution in [-0.4, -0.2) is 5.91 Å². The quantitative estimate of drug-likeness (QED) is 0.303. The maximum absolute atomic E-state index is 13.0. The van der Waals surface area contributed by atoms with Gasteiger partial charge in [0, 0.05) is 15.8 Å². The van der Waals surface area contributed by atoms with Gasteiger partial charge in [-0.15, -0.1) is 0 Å². The van der Waals surface area contributed by atoms with E-state index in [4.69, 9.17) is 4.74 Å². The Kier molecular flexibility index (Phi) is 6.65. The molecule has 0 aliphatic carbocycles. The van der Waals surface area contributed by atoms with Crippen molar-refractivity contribution in [3.63, 3.8) is 0 Å². The summed E-state index contributed by atoms with van der Waals surface area (Å²) >= 11 is 3.46. The van der Waals surface area contributed by atoms with Gasteiger partial charge >= 0.3 is 0 Å². The van der Waals surface area contributed by atoms with E-state index >= 15 is 0 Å². The SMILES string of the molecule is O=C(Nc1ccc(OCc2ccccc2)cc1)c1cc(Br)ccc1Nc1ccccc1. The van der Waals surface area contributed by atoms with E-state index in [1.807, 2.05) is 97.1 Å². The van der Waals surface area contributed by atoms with Gasteiger partial charge in [0.05, 0.1) is 11.3 Å². The molecule has 0 aromatic heterocycles. The zero-order valence-electron chi connectivity index (χ0n) is 16.7. The Bertz CT molecular complexity index is 1150. The van der Waals surface area contributed by atoms with Crippen molar-refractivity contribution in [2.75, 3.05) is 10.6 Å². The van der Waals surface area contributed by atoms with Gasteiger partial charge in [-0.3, -0.25) is 4.79 Å². The molecule has 2 N–H and O–H groups in total. The minimum atomic E-state index is -0.197. The molecular formula is C26H21BrN2O2. The van der Waals surface area contributed by atoms with Crippen LogP contribution in [-0.2, 0) is 6.61 Å². The molecule has 0 fully saturated rings. The first-order valence-electron chi connectivity index (χ1n) is 9.87. The normalized spacial score (nSPS) is 10.4. The Hall–Kier alpha value is -3.57. The van der Waals surface area contributed by atoms with Crippen LogP contribution in [0.3, 0.4) is 0 Å². The fourth-order valence-corrected chi connectivity index (χ4v) is 3.43. The second kappa shape index (κ2) is 9.96. The zero-order chi connectivity index (χ0) is 21.5. The number of para-hydroxylation sites is 1. The average Bonchev–Trinajstić information content (AvgIpc) is 2.81. The molecule has 0 atom stereocenters. The van der Waals surface area contributed by atoms with Crippen LogP contribution in [0.1, 0.15) is 15.9 Å². The van der Waals surface area contributed by atoms with Gasteiger partial charge < -0.3 is 15.4 Å². The molecule has 4 rings (SSSR count). The van der Waals surface area contributed by atoms with Crippen molar-refractivity contribution in [2.45, 2.75) is 6.61 Å². The maximum Gasteiger partial charge on any atom is 0.257 e. The van der Waals surface area contributed by atoms with Gasteiger partial charge in [-0.1, -0.05) is 64.5 Å². The zero-order valence-corrected chi connectivity index (χ0v) is 18.3. The first kappa shape index (κ1) is 20.7. The third kappa shape index (κ3) is 5.74. The lowest BCUT2D eigenvalue weighted by atomic mass is 10.1. The third-order valence-electron chi connectivity index (χ3n) is 4.64. The smallest absolute Gasteiger partial charge is 0.257 e. The topological polar surface area (TPSA) is 50.4 Å². The number of ether oxygens (including phenoxy) is 1. The van der Waals surface area contributed by atoms with E-state index in [0.29, 0.717) is 17.9 Å². The predicted octanol–water partition coefficient (Wildman–Crippen LogP) is 7.02. The molecule has 0 saturated carbocycles. The van der Waals surface area contributed by atoms with Gasteiger partial charge in [0.1, 0.15) is 12.4 Å². The number of anilines is 3. The maximum atomic E-state index is 13.0. The molecule has 4 aromatic carbocycles. The number of carbonyl (C=O) groups is 1. The summed E-state index contributed by atoms with van der Waals surface area (Å²) in [7, 11) is 0. The van der Waals surface area contributed by atoms with Crippen molar-refractivity contribution >= 4 is 38.9 Å². The lowest BCUT2D eigenvalue weighted by molar-refractivity contribution is 0.102. The fraction of sp³-hybridized carbons (Fsp3) is 0.0385. The minimum Gasteiger partial charge on any atom is -0.489 e. The number of nitrogens with one attached hydrogen (secondary N) is 2. The Morgan fingerprint density at radius 3 is 2.16 bits per heavy atom. The second-order valence-corrected chi connectivity index (χ2v) is 7.85.